The summed E-state index contributed by atoms with van der Waals surface area (Å²) in [7, 11) is 1.92. The smallest absolute Gasteiger partial charge is 0.251 e. The van der Waals surface area contributed by atoms with E-state index in [2.05, 4.69) is 15.6 Å². The third kappa shape index (κ3) is 5.35. The molecule has 4 aromatic rings. The van der Waals surface area contributed by atoms with Gasteiger partial charge < -0.3 is 19.9 Å². The molecule has 8 heteroatoms. The first-order chi connectivity index (χ1) is 15.9. The van der Waals surface area contributed by atoms with Gasteiger partial charge in [-0.15, -0.1) is 0 Å². The van der Waals surface area contributed by atoms with Gasteiger partial charge in [0.1, 0.15) is 34.8 Å². The zero-order valence-corrected chi connectivity index (χ0v) is 18.1. The lowest BCUT2D eigenvalue weighted by Crippen LogP contribution is -2.23. The fraction of sp³-hybridized carbons (Fsp3) is 0.120. The average Bonchev–Trinajstić information content (AvgIpc) is 3.17. The molecule has 33 heavy (non-hydrogen) atoms. The Kier molecular flexibility index (Phi) is 6.35. The Morgan fingerprint density at radius 2 is 1.85 bits per heavy atom. The van der Waals surface area contributed by atoms with E-state index in [4.69, 9.17) is 4.74 Å². The molecule has 2 aromatic carbocycles. The largest absolute Gasteiger partial charge is 0.457 e. The van der Waals surface area contributed by atoms with Crippen molar-refractivity contribution in [1.82, 2.24) is 14.9 Å². The number of rotatable bonds is 7. The fourth-order valence-corrected chi connectivity index (χ4v) is 3.35. The first-order valence-corrected chi connectivity index (χ1v) is 10.2. The number of carbonyl (C=O) groups is 1. The van der Waals surface area contributed by atoms with E-state index in [0.717, 1.165) is 11.9 Å². The summed E-state index contributed by atoms with van der Waals surface area (Å²) in [5, 5.41) is 5.91. The number of nitrogens with one attached hydrogen (secondary N) is 2. The average molecular weight is 448 g/mol. The van der Waals surface area contributed by atoms with Crippen LogP contribution in [0, 0.1) is 18.6 Å². The second-order valence-corrected chi connectivity index (χ2v) is 7.50. The van der Waals surface area contributed by atoms with Crippen LogP contribution >= 0.6 is 0 Å². The lowest BCUT2D eigenvalue weighted by molar-refractivity contribution is 0.0950. The van der Waals surface area contributed by atoms with Gasteiger partial charge in [-0.1, -0.05) is 6.07 Å². The van der Waals surface area contributed by atoms with E-state index in [0.29, 0.717) is 34.0 Å². The molecule has 2 heterocycles. The highest BCUT2D eigenvalue weighted by Gasteiger charge is 2.14. The lowest BCUT2D eigenvalue weighted by Gasteiger charge is -2.14. The zero-order valence-electron chi connectivity index (χ0n) is 18.1. The predicted molar refractivity (Wildman–Crippen MR) is 122 cm³/mol. The summed E-state index contributed by atoms with van der Waals surface area (Å²) in [5.74, 6) is 0.806. The Balaban J connectivity index is 1.47. The zero-order chi connectivity index (χ0) is 23.4. The third-order valence-corrected chi connectivity index (χ3v) is 5.06. The highest BCUT2D eigenvalue weighted by atomic mass is 19.1. The van der Waals surface area contributed by atoms with Gasteiger partial charge in [-0.25, -0.2) is 13.8 Å². The summed E-state index contributed by atoms with van der Waals surface area (Å²) in [4.78, 5) is 17.0. The SMILES string of the molecule is Cc1c(Oc2ccnc(Nc3cccn3C)c2)cccc1C(=O)NCc1cc(F)cc(F)c1. The van der Waals surface area contributed by atoms with Gasteiger partial charge >= 0.3 is 0 Å². The van der Waals surface area contributed by atoms with E-state index in [1.165, 1.54) is 12.1 Å². The van der Waals surface area contributed by atoms with E-state index in [9.17, 15) is 13.6 Å². The Labute approximate surface area is 189 Å². The first-order valence-electron chi connectivity index (χ1n) is 10.2. The maximum atomic E-state index is 13.4. The Bertz CT molecular complexity index is 1280. The van der Waals surface area contributed by atoms with Gasteiger partial charge in [0, 0.05) is 49.2 Å². The molecule has 0 saturated heterocycles. The maximum Gasteiger partial charge on any atom is 0.251 e. The summed E-state index contributed by atoms with van der Waals surface area (Å²) in [6.07, 6.45) is 3.55. The van der Waals surface area contributed by atoms with Crippen LogP contribution in [0.2, 0.25) is 0 Å². The van der Waals surface area contributed by atoms with Crippen LogP contribution in [0.25, 0.3) is 0 Å². The Hall–Kier alpha value is -4.20. The van der Waals surface area contributed by atoms with Gasteiger partial charge in [0.15, 0.2) is 0 Å². The number of benzene rings is 2. The Morgan fingerprint density at radius 1 is 1.06 bits per heavy atom. The summed E-state index contributed by atoms with van der Waals surface area (Å²) < 4.78 is 34.7. The van der Waals surface area contributed by atoms with Crippen LogP contribution in [0.4, 0.5) is 20.4 Å². The van der Waals surface area contributed by atoms with Crippen molar-refractivity contribution < 1.29 is 18.3 Å². The molecule has 168 valence electrons. The van der Waals surface area contributed by atoms with Crippen LogP contribution in [-0.4, -0.2) is 15.5 Å². The summed E-state index contributed by atoms with van der Waals surface area (Å²) in [6.45, 7) is 1.77. The number of anilines is 2. The van der Waals surface area contributed by atoms with Crippen molar-refractivity contribution in [2.75, 3.05) is 5.32 Å². The van der Waals surface area contributed by atoms with Gasteiger partial charge in [0.2, 0.25) is 0 Å². The molecule has 0 bridgehead atoms. The van der Waals surface area contributed by atoms with Crippen molar-refractivity contribution >= 4 is 17.5 Å². The van der Waals surface area contributed by atoms with E-state index < -0.39 is 11.6 Å². The van der Waals surface area contributed by atoms with Crippen molar-refractivity contribution in [2.24, 2.45) is 7.05 Å². The summed E-state index contributed by atoms with van der Waals surface area (Å²) in [5.41, 5.74) is 1.37. The van der Waals surface area contributed by atoms with Crippen molar-refractivity contribution in [3.8, 4) is 11.5 Å². The summed E-state index contributed by atoms with van der Waals surface area (Å²) in [6, 6.07) is 15.6. The van der Waals surface area contributed by atoms with Crippen molar-refractivity contribution in [3.05, 3.63) is 101 Å². The maximum absolute atomic E-state index is 13.4. The van der Waals surface area contributed by atoms with E-state index in [1.54, 1.807) is 43.5 Å². The molecule has 4 rings (SSSR count). The summed E-state index contributed by atoms with van der Waals surface area (Å²) >= 11 is 0. The van der Waals surface area contributed by atoms with Gasteiger partial charge in [-0.05, 0) is 55.0 Å². The van der Waals surface area contributed by atoms with E-state index >= 15 is 0 Å². The molecule has 2 N–H and O–H groups in total. The molecule has 0 aliphatic carbocycles. The molecular formula is C25H22F2N4O2. The minimum atomic E-state index is -0.691. The first kappa shape index (κ1) is 22.0. The van der Waals surface area contributed by atoms with Crippen LogP contribution in [0.1, 0.15) is 21.5 Å². The second-order valence-electron chi connectivity index (χ2n) is 7.50. The van der Waals surface area contributed by atoms with Crippen LogP contribution in [0.5, 0.6) is 11.5 Å². The molecule has 0 aliphatic rings. The van der Waals surface area contributed by atoms with Gasteiger partial charge in [-0.2, -0.15) is 0 Å². The van der Waals surface area contributed by atoms with Crippen LogP contribution in [0.3, 0.4) is 0 Å². The molecule has 0 saturated carbocycles. The standard InChI is InChI=1S/C25H22F2N4O2/c1-16-21(25(32)29-15-17-11-18(26)13-19(27)12-17)5-3-6-22(16)33-20-8-9-28-23(14-20)30-24-7-4-10-31(24)2/h3-14H,15H2,1-2H3,(H,28,30)(H,29,32). The molecule has 1 amide bonds. The molecular weight excluding hydrogens is 426 g/mol. The second kappa shape index (κ2) is 9.52. The number of hydrogen-bond acceptors (Lipinski definition) is 4. The Morgan fingerprint density at radius 3 is 2.58 bits per heavy atom. The number of nitrogens with zero attached hydrogens (tertiary/aromatic N) is 2. The van der Waals surface area contributed by atoms with Crippen molar-refractivity contribution in [1.29, 1.82) is 0 Å². The van der Waals surface area contributed by atoms with Gasteiger partial charge in [0.25, 0.3) is 5.91 Å². The number of amides is 1. The highest BCUT2D eigenvalue weighted by Crippen LogP contribution is 2.29. The van der Waals surface area contributed by atoms with E-state index in [1.807, 2.05) is 29.9 Å². The lowest BCUT2D eigenvalue weighted by atomic mass is 10.1. The molecule has 0 fully saturated rings. The molecule has 0 radical (unpaired) electrons. The monoisotopic (exact) mass is 448 g/mol. The van der Waals surface area contributed by atoms with Crippen LogP contribution < -0.4 is 15.4 Å². The number of hydrogen-bond donors (Lipinski definition) is 2. The topological polar surface area (TPSA) is 68.2 Å². The third-order valence-electron chi connectivity index (χ3n) is 5.06. The molecule has 2 aromatic heterocycles. The number of halogens is 2. The normalized spacial score (nSPS) is 10.7. The number of ether oxygens (including phenoxy) is 1. The highest BCUT2D eigenvalue weighted by molar-refractivity contribution is 5.96. The molecule has 6 nitrogen and oxygen atoms in total. The number of carbonyl (C=O) groups excluding carboxylic acids is 1. The van der Waals surface area contributed by atoms with Crippen LogP contribution in [-0.2, 0) is 13.6 Å². The van der Waals surface area contributed by atoms with Crippen LogP contribution in [0.15, 0.2) is 73.1 Å². The fourth-order valence-electron chi connectivity index (χ4n) is 3.35. The number of aromatic nitrogens is 2. The minimum absolute atomic E-state index is 0.00340. The molecule has 0 spiro atoms. The number of aryl methyl sites for hydroxylation is 1. The quantitative estimate of drug-likeness (QED) is 0.393. The minimum Gasteiger partial charge on any atom is -0.457 e. The van der Waals surface area contributed by atoms with Crippen molar-refractivity contribution in [3.63, 3.8) is 0 Å². The molecule has 0 aliphatic heterocycles. The molecule has 0 unspecified atom stereocenters. The van der Waals surface area contributed by atoms with Gasteiger partial charge in [0.05, 0.1) is 0 Å². The van der Waals surface area contributed by atoms with E-state index in [-0.39, 0.29) is 12.5 Å². The van der Waals surface area contributed by atoms with Crippen molar-refractivity contribution in [2.45, 2.75) is 13.5 Å². The predicted octanol–water partition coefficient (Wildman–Crippen LogP) is 5.47. The van der Waals surface area contributed by atoms with Gasteiger partial charge in [-0.3, -0.25) is 4.79 Å². The molecule has 0 atom stereocenters. The number of pyridine rings is 1.